The molecule has 1 aromatic carbocycles. The van der Waals surface area contributed by atoms with E-state index in [1.54, 1.807) is 11.9 Å². The van der Waals surface area contributed by atoms with Crippen molar-refractivity contribution in [2.24, 2.45) is 0 Å². The first-order valence-corrected chi connectivity index (χ1v) is 6.43. The molecule has 1 fully saturated rings. The Morgan fingerprint density at radius 2 is 2.11 bits per heavy atom. The zero-order valence-corrected chi connectivity index (χ0v) is 11.3. The van der Waals surface area contributed by atoms with E-state index in [2.05, 4.69) is 5.32 Å². The van der Waals surface area contributed by atoms with Crippen LogP contribution in [0.25, 0.3) is 0 Å². The van der Waals surface area contributed by atoms with E-state index in [9.17, 15) is 9.59 Å². The number of carbonyl (C=O) groups is 2. The number of urea groups is 1. The zero-order valence-electron chi connectivity index (χ0n) is 10.5. The molecule has 6 heteroatoms. The SMILES string of the molecule is CN(C(=O)Nc1cc(C(=O)O)ccc1Cl)C1CCC1. The van der Waals surface area contributed by atoms with Crippen molar-refractivity contribution in [3.63, 3.8) is 0 Å². The molecule has 0 heterocycles. The van der Waals surface area contributed by atoms with E-state index in [1.165, 1.54) is 18.2 Å². The maximum atomic E-state index is 12.0. The van der Waals surface area contributed by atoms with Gasteiger partial charge in [-0.25, -0.2) is 9.59 Å². The molecular formula is C13H15ClN2O3. The third-order valence-electron chi connectivity index (χ3n) is 3.40. The van der Waals surface area contributed by atoms with Gasteiger partial charge in [0, 0.05) is 13.1 Å². The second kappa shape index (κ2) is 5.48. The second-order valence-corrected chi connectivity index (χ2v) is 5.03. The molecule has 5 nitrogen and oxygen atoms in total. The lowest BCUT2D eigenvalue weighted by Crippen LogP contribution is -2.43. The minimum atomic E-state index is -1.06. The van der Waals surface area contributed by atoms with Crippen molar-refractivity contribution < 1.29 is 14.7 Å². The molecule has 1 aliphatic rings. The highest BCUT2D eigenvalue weighted by atomic mass is 35.5. The molecule has 0 spiro atoms. The van der Waals surface area contributed by atoms with Gasteiger partial charge in [0.2, 0.25) is 0 Å². The lowest BCUT2D eigenvalue weighted by atomic mass is 9.92. The molecule has 0 unspecified atom stereocenters. The van der Waals surface area contributed by atoms with E-state index < -0.39 is 5.97 Å². The Hall–Kier alpha value is -1.75. The number of carbonyl (C=O) groups excluding carboxylic acids is 1. The van der Waals surface area contributed by atoms with Gasteiger partial charge in [-0.15, -0.1) is 0 Å². The molecule has 2 N–H and O–H groups in total. The first-order chi connectivity index (χ1) is 8.99. The number of aromatic carboxylic acids is 1. The van der Waals surface area contributed by atoms with Crippen LogP contribution in [0.4, 0.5) is 10.5 Å². The Bertz CT molecular complexity index is 515. The van der Waals surface area contributed by atoms with E-state index in [-0.39, 0.29) is 17.6 Å². The number of carboxylic acids is 1. The topological polar surface area (TPSA) is 69.6 Å². The minimum absolute atomic E-state index is 0.0889. The molecule has 0 aliphatic heterocycles. The van der Waals surface area contributed by atoms with Crippen LogP contribution < -0.4 is 5.32 Å². The molecule has 1 aromatic rings. The average Bonchev–Trinajstić information content (AvgIpc) is 2.29. The Labute approximate surface area is 116 Å². The molecule has 19 heavy (non-hydrogen) atoms. The van der Waals surface area contributed by atoms with Crippen molar-refractivity contribution in [1.29, 1.82) is 0 Å². The molecule has 0 bridgehead atoms. The number of hydrogen-bond donors (Lipinski definition) is 2. The van der Waals surface area contributed by atoms with E-state index in [4.69, 9.17) is 16.7 Å². The average molecular weight is 283 g/mol. The van der Waals surface area contributed by atoms with Crippen LogP contribution in [-0.4, -0.2) is 35.1 Å². The fourth-order valence-corrected chi connectivity index (χ4v) is 2.06. The summed E-state index contributed by atoms with van der Waals surface area (Å²) in [7, 11) is 1.73. The lowest BCUT2D eigenvalue weighted by Gasteiger charge is -2.34. The van der Waals surface area contributed by atoms with Crippen molar-refractivity contribution in [3.8, 4) is 0 Å². The fourth-order valence-electron chi connectivity index (χ4n) is 1.90. The van der Waals surface area contributed by atoms with Gasteiger partial charge in [0.05, 0.1) is 16.3 Å². The molecular weight excluding hydrogens is 268 g/mol. The van der Waals surface area contributed by atoms with Crippen LogP contribution in [0.2, 0.25) is 5.02 Å². The molecule has 0 atom stereocenters. The van der Waals surface area contributed by atoms with Crippen LogP contribution in [0.5, 0.6) is 0 Å². The van der Waals surface area contributed by atoms with Crippen LogP contribution in [0, 0.1) is 0 Å². The van der Waals surface area contributed by atoms with Gasteiger partial charge in [-0.2, -0.15) is 0 Å². The number of amides is 2. The number of nitrogens with one attached hydrogen (secondary N) is 1. The normalized spacial score (nSPS) is 14.6. The van der Waals surface area contributed by atoms with Crippen LogP contribution in [0.1, 0.15) is 29.6 Å². The summed E-state index contributed by atoms with van der Waals surface area (Å²) in [6.45, 7) is 0. The highest BCUT2D eigenvalue weighted by Gasteiger charge is 2.26. The zero-order chi connectivity index (χ0) is 14.0. The molecule has 0 radical (unpaired) electrons. The van der Waals surface area contributed by atoms with Gasteiger partial charge in [0.25, 0.3) is 0 Å². The van der Waals surface area contributed by atoms with Crippen LogP contribution in [-0.2, 0) is 0 Å². The molecule has 2 amide bonds. The summed E-state index contributed by atoms with van der Waals surface area (Å²) >= 11 is 5.95. The Balaban J connectivity index is 2.11. The van der Waals surface area contributed by atoms with Gasteiger partial charge in [-0.05, 0) is 37.5 Å². The quantitative estimate of drug-likeness (QED) is 0.895. The number of benzene rings is 1. The molecule has 102 valence electrons. The van der Waals surface area contributed by atoms with Gasteiger partial charge in [0.1, 0.15) is 0 Å². The number of nitrogens with zero attached hydrogens (tertiary/aromatic N) is 1. The summed E-state index contributed by atoms with van der Waals surface area (Å²) in [5.41, 5.74) is 0.406. The fraction of sp³-hybridized carbons (Fsp3) is 0.385. The largest absolute Gasteiger partial charge is 0.478 e. The number of carboxylic acid groups (broad SMARTS) is 1. The molecule has 1 saturated carbocycles. The second-order valence-electron chi connectivity index (χ2n) is 4.63. The molecule has 2 rings (SSSR count). The number of halogens is 1. The van der Waals surface area contributed by atoms with Crippen molar-refractivity contribution >= 4 is 29.3 Å². The van der Waals surface area contributed by atoms with Gasteiger partial charge in [-0.3, -0.25) is 0 Å². The van der Waals surface area contributed by atoms with Crippen LogP contribution >= 0.6 is 11.6 Å². The van der Waals surface area contributed by atoms with Crippen molar-refractivity contribution in [1.82, 2.24) is 4.90 Å². The van der Waals surface area contributed by atoms with Crippen molar-refractivity contribution in [2.75, 3.05) is 12.4 Å². The van der Waals surface area contributed by atoms with Crippen LogP contribution in [0.3, 0.4) is 0 Å². The smallest absolute Gasteiger partial charge is 0.335 e. The van der Waals surface area contributed by atoms with Gasteiger partial charge < -0.3 is 15.3 Å². The Kier molecular flexibility index (Phi) is 3.95. The maximum Gasteiger partial charge on any atom is 0.335 e. The predicted molar refractivity (Wildman–Crippen MR) is 72.8 cm³/mol. The minimum Gasteiger partial charge on any atom is -0.478 e. The summed E-state index contributed by atoms with van der Waals surface area (Å²) in [4.78, 5) is 24.5. The maximum absolute atomic E-state index is 12.0. The molecule has 1 aliphatic carbocycles. The van der Waals surface area contributed by atoms with E-state index in [0.29, 0.717) is 10.7 Å². The lowest BCUT2D eigenvalue weighted by molar-refractivity contribution is 0.0697. The van der Waals surface area contributed by atoms with E-state index in [1.807, 2.05) is 0 Å². The summed E-state index contributed by atoms with van der Waals surface area (Å²) in [5.74, 6) is -1.06. The van der Waals surface area contributed by atoms with Gasteiger partial charge >= 0.3 is 12.0 Å². The first-order valence-electron chi connectivity index (χ1n) is 6.05. The summed E-state index contributed by atoms with van der Waals surface area (Å²) in [6, 6.07) is 4.22. The third kappa shape index (κ3) is 2.98. The molecule has 0 aromatic heterocycles. The monoisotopic (exact) mass is 282 g/mol. The first kappa shape index (κ1) is 13.7. The van der Waals surface area contributed by atoms with E-state index in [0.717, 1.165) is 19.3 Å². The molecule has 0 saturated heterocycles. The number of hydrogen-bond acceptors (Lipinski definition) is 2. The predicted octanol–water partition coefficient (Wildman–Crippen LogP) is 3.05. The Morgan fingerprint density at radius 3 is 2.63 bits per heavy atom. The van der Waals surface area contributed by atoms with Crippen molar-refractivity contribution in [2.45, 2.75) is 25.3 Å². The Morgan fingerprint density at radius 1 is 1.42 bits per heavy atom. The standard InChI is InChI=1S/C13H15ClN2O3/c1-16(9-3-2-4-9)13(19)15-11-7-8(12(17)18)5-6-10(11)14/h5-7,9H,2-4H2,1H3,(H,15,19)(H,17,18). The summed E-state index contributed by atoms with van der Waals surface area (Å²) < 4.78 is 0. The van der Waals surface area contributed by atoms with Gasteiger partial charge in [-0.1, -0.05) is 11.6 Å². The highest BCUT2D eigenvalue weighted by molar-refractivity contribution is 6.33. The number of anilines is 1. The highest BCUT2D eigenvalue weighted by Crippen LogP contribution is 2.26. The van der Waals surface area contributed by atoms with Crippen molar-refractivity contribution in [3.05, 3.63) is 28.8 Å². The summed E-state index contributed by atoms with van der Waals surface area (Å²) in [5, 5.41) is 11.9. The third-order valence-corrected chi connectivity index (χ3v) is 3.73. The van der Waals surface area contributed by atoms with E-state index >= 15 is 0 Å². The summed E-state index contributed by atoms with van der Waals surface area (Å²) in [6.07, 6.45) is 3.15. The van der Waals surface area contributed by atoms with Gasteiger partial charge in [0.15, 0.2) is 0 Å². The number of rotatable bonds is 3. The van der Waals surface area contributed by atoms with Crippen LogP contribution in [0.15, 0.2) is 18.2 Å².